The monoisotopic (exact) mass is 132 g/mol. The summed E-state index contributed by atoms with van der Waals surface area (Å²) < 4.78 is 4.78. The van der Waals surface area contributed by atoms with Crippen LogP contribution in [0.4, 0.5) is 0 Å². The van der Waals surface area contributed by atoms with Crippen LogP contribution in [0.3, 0.4) is 0 Å². The van der Waals surface area contributed by atoms with E-state index in [1.54, 1.807) is 0 Å². The zero-order valence-corrected chi connectivity index (χ0v) is 4.90. The Balaban J connectivity index is 2.41. The Morgan fingerprint density at radius 1 is 1.67 bits per heavy atom. The maximum absolute atomic E-state index is 9.02. The van der Waals surface area contributed by atoms with Crippen LogP contribution in [0.15, 0.2) is 0 Å². The van der Waals surface area contributed by atoms with Crippen LogP contribution >= 0.6 is 0 Å². The minimum Gasteiger partial charge on any atom is -0.394 e. The number of hydrogen-bond donors (Lipinski definition) is 3. The summed E-state index contributed by atoms with van der Waals surface area (Å²) in [5.74, 6) is 0. The second-order valence-corrected chi connectivity index (χ2v) is 2.06. The van der Waals surface area contributed by atoms with Gasteiger partial charge in [0.05, 0.1) is 12.6 Å². The fourth-order valence-corrected chi connectivity index (χ4v) is 0.752. The van der Waals surface area contributed by atoms with Crippen molar-refractivity contribution >= 4 is 0 Å². The molecule has 1 radical (unpaired) electrons. The molecule has 0 aromatic heterocycles. The third kappa shape index (κ3) is 1.21. The Morgan fingerprint density at radius 3 is 2.56 bits per heavy atom. The highest BCUT2D eigenvalue weighted by atomic mass is 16.5. The Bertz CT molecular complexity index is 98.2. The number of nitrogens with two attached hydrogens (primary N) is 1. The lowest BCUT2D eigenvalue weighted by Crippen LogP contribution is -2.36. The van der Waals surface area contributed by atoms with E-state index >= 15 is 0 Å². The fourth-order valence-electron chi connectivity index (χ4n) is 0.752. The minimum atomic E-state index is -0.755. The molecule has 0 bridgehead atoms. The van der Waals surface area contributed by atoms with Crippen LogP contribution in [0, 0.1) is 6.61 Å². The molecule has 4 N–H and O–H groups in total. The summed E-state index contributed by atoms with van der Waals surface area (Å²) in [7, 11) is 0. The summed E-state index contributed by atoms with van der Waals surface area (Å²) in [5, 5.41) is 17.5. The van der Waals surface area contributed by atoms with E-state index in [2.05, 4.69) is 0 Å². The van der Waals surface area contributed by atoms with Gasteiger partial charge >= 0.3 is 0 Å². The third-order valence-corrected chi connectivity index (χ3v) is 1.37. The number of hydrogen-bond acceptors (Lipinski definition) is 4. The van der Waals surface area contributed by atoms with Crippen molar-refractivity contribution in [2.75, 3.05) is 6.61 Å². The third-order valence-electron chi connectivity index (χ3n) is 1.37. The van der Waals surface area contributed by atoms with Gasteiger partial charge in [0.15, 0.2) is 0 Å². The lowest BCUT2D eigenvalue weighted by molar-refractivity contribution is 0.0151. The molecule has 3 atom stereocenters. The van der Waals surface area contributed by atoms with Crippen LogP contribution < -0.4 is 5.73 Å². The van der Waals surface area contributed by atoms with Gasteiger partial charge in [0.1, 0.15) is 18.8 Å². The van der Waals surface area contributed by atoms with Crippen molar-refractivity contribution in [2.24, 2.45) is 5.73 Å². The molecule has 1 aliphatic heterocycles. The van der Waals surface area contributed by atoms with Crippen molar-refractivity contribution in [3.63, 3.8) is 0 Å². The number of aliphatic hydroxyl groups excluding tert-OH is 2. The normalized spacial score (nSPS) is 43.7. The minimum absolute atomic E-state index is 0.189. The molecule has 4 heteroatoms. The summed E-state index contributed by atoms with van der Waals surface area (Å²) in [5.41, 5.74) is 5.30. The van der Waals surface area contributed by atoms with Crippen LogP contribution in [0.1, 0.15) is 0 Å². The van der Waals surface area contributed by atoms with Crippen molar-refractivity contribution in [1.82, 2.24) is 0 Å². The van der Waals surface area contributed by atoms with Gasteiger partial charge in [0.2, 0.25) is 0 Å². The van der Waals surface area contributed by atoms with Crippen molar-refractivity contribution in [1.29, 1.82) is 0 Å². The number of aliphatic hydroxyl groups is 2. The smallest absolute Gasteiger partial charge is 0.109 e. The summed E-state index contributed by atoms with van der Waals surface area (Å²) in [6, 6.07) is -0.456. The molecule has 1 fully saturated rings. The van der Waals surface area contributed by atoms with Crippen LogP contribution in [-0.4, -0.2) is 35.1 Å². The average molecular weight is 132 g/mol. The Kier molecular flexibility index (Phi) is 2.02. The second-order valence-electron chi connectivity index (χ2n) is 2.06. The maximum Gasteiger partial charge on any atom is 0.109 e. The molecule has 1 saturated heterocycles. The summed E-state index contributed by atoms with van der Waals surface area (Å²) in [6.45, 7) is 1.15. The van der Waals surface area contributed by atoms with Gasteiger partial charge in [-0.15, -0.1) is 0 Å². The predicted octanol–water partition coefficient (Wildman–Crippen LogP) is -1.77. The lowest BCUT2D eigenvalue weighted by Gasteiger charge is -2.10. The Labute approximate surface area is 53.2 Å². The highest BCUT2D eigenvalue weighted by molar-refractivity contribution is 4.92. The van der Waals surface area contributed by atoms with Gasteiger partial charge in [0, 0.05) is 0 Å². The summed E-state index contributed by atoms with van der Waals surface area (Å²) in [4.78, 5) is 0. The molecule has 0 aromatic rings. The van der Waals surface area contributed by atoms with Crippen molar-refractivity contribution in [2.45, 2.75) is 18.2 Å². The molecular formula is C5H10NO3. The number of ether oxygens (including phenoxy) is 1. The highest BCUT2D eigenvalue weighted by Gasteiger charge is 2.32. The predicted molar refractivity (Wildman–Crippen MR) is 30.2 cm³/mol. The lowest BCUT2D eigenvalue weighted by atomic mass is 10.1. The van der Waals surface area contributed by atoms with Gasteiger partial charge in [0.25, 0.3) is 0 Å². The zero-order valence-electron chi connectivity index (χ0n) is 4.90. The van der Waals surface area contributed by atoms with Gasteiger partial charge < -0.3 is 20.7 Å². The Hall–Kier alpha value is -0.160. The van der Waals surface area contributed by atoms with Crippen LogP contribution in [0.2, 0.25) is 0 Å². The van der Waals surface area contributed by atoms with Crippen molar-refractivity contribution in [3.8, 4) is 0 Å². The first-order valence-corrected chi connectivity index (χ1v) is 2.79. The Morgan fingerprint density at radius 2 is 2.33 bits per heavy atom. The molecule has 1 rings (SSSR count). The van der Waals surface area contributed by atoms with Gasteiger partial charge in [-0.05, 0) is 0 Å². The molecule has 53 valence electrons. The maximum atomic E-state index is 9.02. The molecule has 0 aliphatic carbocycles. The molecule has 4 nitrogen and oxygen atoms in total. The van der Waals surface area contributed by atoms with Gasteiger partial charge in [-0.2, -0.15) is 0 Å². The first-order valence-electron chi connectivity index (χ1n) is 2.79. The zero-order chi connectivity index (χ0) is 6.85. The van der Waals surface area contributed by atoms with Gasteiger partial charge in [-0.25, -0.2) is 0 Å². The molecule has 0 saturated carbocycles. The van der Waals surface area contributed by atoms with E-state index < -0.39 is 18.2 Å². The second kappa shape index (κ2) is 2.62. The standard InChI is InChI=1S/C5H10NO3/c6-3-2-9-4(1-7)5(3)8/h2-5,7-8H,1,6H2/t3-,4+,5-/m0/s1. The van der Waals surface area contributed by atoms with Crippen molar-refractivity contribution in [3.05, 3.63) is 6.61 Å². The van der Waals surface area contributed by atoms with E-state index in [0.717, 1.165) is 0 Å². The SMILES string of the molecule is N[C@H]1[CH]O[C@H](CO)[C@H]1O. The van der Waals surface area contributed by atoms with E-state index in [1.807, 2.05) is 0 Å². The highest BCUT2D eigenvalue weighted by Crippen LogP contribution is 2.14. The first-order chi connectivity index (χ1) is 4.25. The molecule has 0 aromatic carbocycles. The van der Waals surface area contributed by atoms with E-state index in [0.29, 0.717) is 0 Å². The molecular weight excluding hydrogens is 122 g/mol. The van der Waals surface area contributed by atoms with E-state index in [-0.39, 0.29) is 6.61 Å². The quantitative estimate of drug-likeness (QED) is 0.394. The molecule has 1 aliphatic rings. The molecule has 0 amide bonds. The molecule has 0 unspecified atom stereocenters. The largest absolute Gasteiger partial charge is 0.394 e. The molecule has 9 heavy (non-hydrogen) atoms. The molecule has 1 heterocycles. The average Bonchev–Trinajstić information content (AvgIpc) is 2.15. The van der Waals surface area contributed by atoms with E-state index in [9.17, 15) is 0 Å². The van der Waals surface area contributed by atoms with Crippen LogP contribution in [-0.2, 0) is 4.74 Å². The number of rotatable bonds is 1. The van der Waals surface area contributed by atoms with Crippen LogP contribution in [0.25, 0.3) is 0 Å². The van der Waals surface area contributed by atoms with Gasteiger partial charge in [-0.1, -0.05) is 0 Å². The molecule has 0 spiro atoms. The van der Waals surface area contributed by atoms with Crippen LogP contribution in [0.5, 0.6) is 0 Å². The first kappa shape index (κ1) is 6.95. The summed E-state index contributed by atoms with van der Waals surface area (Å²) >= 11 is 0. The fraction of sp³-hybridized carbons (Fsp3) is 0.800. The summed E-state index contributed by atoms with van der Waals surface area (Å²) in [6.07, 6.45) is -1.28. The van der Waals surface area contributed by atoms with E-state index in [4.69, 9.17) is 20.7 Å². The van der Waals surface area contributed by atoms with Crippen molar-refractivity contribution < 1.29 is 14.9 Å². The topological polar surface area (TPSA) is 75.7 Å². The van der Waals surface area contributed by atoms with E-state index in [1.165, 1.54) is 6.61 Å². The van der Waals surface area contributed by atoms with Gasteiger partial charge in [-0.3, -0.25) is 0 Å².